The number of hydrogen-bond donors (Lipinski definition) is 1. The summed E-state index contributed by atoms with van der Waals surface area (Å²) in [4.78, 5) is 0. The number of benzene rings is 2. The molecule has 1 aromatic heterocycles. The van der Waals surface area contributed by atoms with Gasteiger partial charge in [-0.2, -0.15) is 0 Å². The molecular weight excluding hydrogens is 262 g/mol. The van der Waals surface area contributed by atoms with Crippen LogP contribution in [0.2, 0.25) is 0 Å². The summed E-state index contributed by atoms with van der Waals surface area (Å²) in [5, 5.41) is 10.6. The van der Waals surface area contributed by atoms with Crippen molar-refractivity contribution in [3.05, 3.63) is 59.8 Å². The van der Waals surface area contributed by atoms with Crippen LogP contribution in [0.3, 0.4) is 0 Å². The van der Waals surface area contributed by atoms with Gasteiger partial charge < -0.3 is 14.4 Å². The minimum atomic E-state index is 0.251. The number of hydrogen-bond acceptors (Lipinski definition) is 2. The first-order valence-electron chi connectivity index (χ1n) is 7.18. The Labute approximate surface area is 124 Å². The highest BCUT2D eigenvalue weighted by Crippen LogP contribution is 2.24. The van der Waals surface area contributed by atoms with Crippen molar-refractivity contribution < 1.29 is 9.84 Å². The van der Waals surface area contributed by atoms with Crippen LogP contribution >= 0.6 is 0 Å². The number of nitrogens with zero attached hydrogens (tertiary/aromatic N) is 1. The normalized spacial score (nSPS) is 11.0. The minimum Gasteiger partial charge on any atom is -0.508 e. The van der Waals surface area contributed by atoms with E-state index in [0.29, 0.717) is 6.61 Å². The van der Waals surface area contributed by atoms with Crippen molar-refractivity contribution in [2.45, 2.75) is 27.0 Å². The van der Waals surface area contributed by atoms with E-state index >= 15 is 0 Å². The highest BCUT2D eigenvalue weighted by atomic mass is 16.5. The molecule has 1 N–H and O–H groups in total. The number of aromatic nitrogens is 1. The van der Waals surface area contributed by atoms with Gasteiger partial charge in [0.2, 0.25) is 0 Å². The molecule has 0 amide bonds. The molecule has 2 aromatic carbocycles. The van der Waals surface area contributed by atoms with Gasteiger partial charge in [0.05, 0.1) is 5.69 Å². The van der Waals surface area contributed by atoms with E-state index in [1.807, 2.05) is 0 Å². The second-order valence-corrected chi connectivity index (χ2v) is 5.17. The monoisotopic (exact) mass is 281 g/mol. The lowest BCUT2D eigenvalue weighted by Crippen LogP contribution is -2.04. The van der Waals surface area contributed by atoms with Gasteiger partial charge in [0.1, 0.15) is 18.1 Å². The summed E-state index contributed by atoms with van der Waals surface area (Å²) < 4.78 is 8.11. The van der Waals surface area contributed by atoms with Crippen LogP contribution in [-0.2, 0) is 13.2 Å². The van der Waals surface area contributed by atoms with Gasteiger partial charge in [-0.05, 0) is 55.8 Å². The molecule has 0 fully saturated rings. The van der Waals surface area contributed by atoms with Gasteiger partial charge >= 0.3 is 0 Å². The Morgan fingerprint density at radius 2 is 1.86 bits per heavy atom. The Hall–Kier alpha value is -2.42. The number of ether oxygens (including phenoxy) is 1. The zero-order valence-electron chi connectivity index (χ0n) is 12.3. The van der Waals surface area contributed by atoms with Crippen molar-refractivity contribution in [1.82, 2.24) is 4.57 Å². The molecule has 21 heavy (non-hydrogen) atoms. The molecule has 3 aromatic rings. The molecule has 3 rings (SSSR count). The van der Waals surface area contributed by atoms with E-state index in [9.17, 15) is 5.11 Å². The number of phenols is 1. The highest BCUT2D eigenvalue weighted by Gasteiger charge is 2.09. The van der Waals surface area contributed by atoms with Crippen molar-refractivity contribution in [2.24, 2.45) is 0 Å². The van der Waals surface area contributed by atoms with E-state index < -0.39 is 0 Å². The topological polar surface area (TPSA) is 34.4 Å². The van der Waals surface area contributed by atoms with Crippen molar-refractivity contribution in [2.75, 3.05) is 0 Å². The summed E-state index contributed by atoms with van der Waals surface area (Å²) >= 11 is 0. The molecule has 108 valence electrons. The molecule has 0 unspecified atom stereocenters. The summed E-state index contributed by atoms with van der Waals surface area (Å²) in [6, 6.07) is 15.4. The fourth-order valence-electron chi connectivity index (χ4n) is 2.68. The molecule has 0 radical (unpaired) electrons. The van der Waals surface area contributed by atoms with E-state index in [-0.39, 0.29) is 5.75 Å². The lowest BCUT2D eigenvalue weighted by atomic mass is 10.1. The molecule has 3 nitrogen and oxygen atoms in total. The average Bonchev–Trinajstić information content (AvgIpc) is 2.86. The first kappa shape index (κ1) is 13.6. The molecule has 0 aliphatic rings. The third-order valence-electron chi connectivity index (χ3n) is 3.79. The Morgan fingerprint density at radius 3 is 2.57 bits per heavy atom. The summed E-state index contributed by atoms with van der Waals surface area (Å²) in [6.07, 6.45) is 0. The first-order chi connectivity index (χ1) is 10.2. The lowest BCUT2D eigenvalue weighted by molar-refractivity contribution is 0.295. The molecule has 0 aliphatic heterocycles. The van der Waals surface area contributed by atoms with E-state index in [2.05, 4.69) is 42.7 Å². The number of rotatable bonds is 4. The SMILES string of the molecule is CCn1c(COc2ccc(O)cc2)cc2c(C)cccc21. The average molecular weight is 281 g/mol. The maximum Gasteiger partial charge on any atom is 0.128 e. The quantitative estimate of drug-likeness (QED) is 0.775. The van der Waals surface area contributed by atoms with Gasteiger partial charge in [-0.1, -0.05) is 12.1 Å². The molecule has 0 bridgehead atoms. The van der Waals surface area contributed by atoms with Crippen molar-refractivity contribution in [1.29, 1.82) is 0 Å². The largest absolute Gasteiger partial charge is 0.508 e. The molecule has 0 aliphatic carbocycles. The van der Waals surface area contributed by atoms with Gasteiger partial charge in [-0.15, -0.1) is 0 Å². The smallest absolute Gasteiger partial charge is 0.128 e. The number of fused-ring (bicyclic) bond motifs is 1. The summed E-state index contributed by atoms with van der Waals surface area (Å²) in [6.45, 7) is 5.72. The van der Waals surface area contributed by atoms with Crippen LogP contribution in [0.15, 0.2) is 48.5 Å². The maximum absolute atomic E-state index is 9.29. The first-order valence-corrected chi connectivity index (χ1v) is 7.18. The second-order valence-electron chi connectivity index (χ2n) is 5.17. The predicted octanol–water partition coefficient (Wildman–Crippen LogP) is 4.25. The Kier molecular flexibility index (Phi) is 3.57. The van der Waals surface area contributed by atoms with E-state index in [1.165, 1.54) is 16.5 Å². The van der Waals surface area contributed by atoms with Crippen LogP contribution in [0.5, 0.6) is 11.5 Å². The van der Waals surface area contributed by atoms with Crippen LogP contribution in [0.1, 0.15) is 18.2 Å². The van der Waals surface area contributed by atoms with Crippen LogP contribution < -0.4 is 4.74 Å². The Bertz CT molecular complexity index is 757. The van der Waals surface area contributed by atoms with Crippen LogP contribution in [0, 0.1) is 6.92 Å². The number of phenolic OH excluding ortho intramolecular Hbond substituents is 1. The number of aromatic hydroxyl groups is 1. The molecule has 0 atom stereocenters. The minimum absolute atomic E-state index is 0.251. The van der Waals surface area contributed by atoms with Gasteiger partial charge in [0.25, 0.3) is 0 Å². The zero-order valence-corrected chi connectivity index (χ0v) is 12.3. The van der Waals surface area contributed by atoms with E-state index in [4.69, 9.17) is 4.74 Å². The van der Waals surface area contributed by atoms with Gasteiger partial charge in [-0.25, -0.2) is 0 Å². The van der Waals surface area contributed by atoms with Crippen molar-refractivity contribution in [3.8, 4) is 11.5 Å². The van der Waals surface area contributed by atoms with Crippen molar-refractivity contribution >= 4 is 10.9 Å². The summed E-state index contributed by atoms with van der Waals surface area (Å²) in [5.74, 6) is 1.01. The molecule has 0 spiro atoms. The molecule has 3 heteroatoms. The van der Waals surface area contributed by atoms with E-state index in [0.717, 1.165) is 18.0 Å². The highest BCUT2D eigenvalue weighted by molar-refractivity contribution is 5.84. The lowest BCUT2D eigenvalue weighted by Gasteiger charge is -2.10. The van der Waals surface area contributed by atoms with Crippen LogP contribution in [0.25, 0.3) is 10.9 Å². The predicted molar refractivity (Wildman–Crippen MR) is 84.8 cm³/mol. The zero-order chi connectivity index (χ0) is 14.8. The standard InChI is InChI=1S/C18H19NO2/c1-3-19-14(11-17-13(2)5-4-6-18(17)19)12-21-16-9-7-15(20)8-10-16/h4-11,20H,3,12H2,1-2H3. The molecule has 0 saturated carbocycles. The fourth-order valence-corrected chi connectivity index (χ4v) is 2.68. The molecule has 1 heterocycles. The number of aryl methyl sites for hydroxylation is 2. The summed E-state index contributed by atoms with van der Waals surface area (Å²) in [5.41, 5.74) is 3.70. The van der Waals surface area contributed by atoms with Crippen LogP contribution in [-0.4, -0.2) is 9.67 Å². The van der Waals surface area contributed by atoms with E-state index in [1.54, 1.807) is 24.3 Å². The maximum atomic E-state index is 9.29. The Balaban J connectivity index is 1.89. The summed E-state index contributed by atoms with van der Waals surface area (Å²) in [7, 11) is 0. The van der Waals surface area contributed by atoms with Gasteiger partial charge in [-0.3, -0.25) is 0 Å². The van der Waals surface area contributed by atoms with Gasteiger partial charge in [0.15, 0.2) is 0 Å². The van der Waals surface area contributed by atoms with Crippen molar-refractivity contribution in [3.63, 3.8) is 0 Å². The fraction of sp³-hybridized carbons (Fsp3) is 0.222. The second kappa shape index (κ2) is 5.52. The third kappa shape index (κ3) is 2.59. The third-order valence-corrected chi connectivity index (χ3v) is 3.79. The molecular formula is C18H19NO2. The van der Waals surface area contributed by atoms with Crippen LogP contribution in [0.4, 0.5) is 0 Å². The molecule has 0 saturated heterocycles. The van der Waals surface area contributed by atoms with Gasteiger partial charge in [0, 0.05) is 17.4 Å². The Morgan fingerprint density at radius 1 is 1.10 bits per heavy atom.